The van der Waals surface area contributed by atoms with Gasteiger partial charge in [-0.3, -0.25) is 0 Å². The number of methoxy groups -OCH3 is 1. The van der Waals surface area contributed by atoms with Gasteiger partial charge in [0.15, 0.2) is 17.1 Å². The van der Waals surface area contributed by atoms with Gasteiger partial charge in [-0.2, -0.15) is 0 Å². The Morgan fingerprint density at radius 3 is 2.62 bits per heavy atom. The van der Waals surface area contributed by atoms with E-state index in [-0.39, 0.29) is 34.6 Å². The van der Waals surface area contributed by atoms with Crippen LogP contribution in [0.4, 0.5) is 0 Å². The number of benzene rings is 1. The second kappa shape index (κ2) is 7.25. The van der Waals surface area contributed by atoms with Crippen LogP contribution in [0.1, 0.15) is 37.0 Å². The first kappa shape index (κ1) is 17.7. The molecule has 0 saturated carbocycles. The Labute approximate surface area is 138 Å². The highest BCUT2D eigenvalue weighted by Gasteiger charge is 2.23. The number of carbonyl (C=O) groups is 1. The third-order valence-electron chi connectivity index (χ3n) is 3.55. The molecule has 0 aliphatic heterocycles. The first-order valence-corrected chi connectivity index (χ1v) is 7.59. The van der Waals surface area contributed by atoms with E-state index in [9.17, 15) is 19.8 Å². The molecule has 7 nitrogen and oxygen atoms in total. The van der Waals surface area contributed by atoms with Crippen LogP contribution in [0.2, 0.25) is 0 Å². The molecular weight excluding hydrogens is 316 g/mol. The number of hydrogen-bond acceptors (Lipinski definition) is 7. The van der Waals surface area contributed by atoms with E-state index in [1.165, 1.54) is 19.2 Å². The Kier molecular flexibility index (Phi) is 5.33. The third-order valence-corrected chi connectivity index (χ3v) is 3.55. The first-order chi connectivity index (χ1) is 11.4. The fraction of sp³-hybridized carbons (Fsp3) is 0.412. The summed E-state index contributed by atoms with van der Waals surface area (Å²) < 4.78 is 15.0. The summed E-state index contributed by atoms with van der Waals surface area (Å²) in [6.45, 7) is 4.34. The van der Waals surface area contributed by atoms with Crippen molar-refractivity contribution in [1.29, 1.82) is 0 Å². The number of ether oxygens (including phenoxy) is 2. The Morgan fingerprint density at radius 1 is 1.29 bits per heavy atom. The molecule has 24 heavy (non-hydrogen) atoms. The molecule has 1 aromatic heterocycles. The normalized spacial score (nSPS) is 11.0. The van der Waals surface area contributed by atoms with Crippen molar-refractivity contribution >= 4 is 16.9 Å². The minimum Gasteiger partial charge on any atom is -0.504 e. The van der Waals surface area contributed by atoms with Gasteiger partial charge < -0.3 is 24.1 Å². The topological polar surface area (TPSA) is 106 Å². The molecule has 0 spiro atoms. The molecule has 1 aromatic carbocycles. The van der Waals surface area contributed by atoms with Gasteiger partial charge in [0.2, 0.25) is 5.75 Å². The third kappa shape index (κ3) is 3.45. The van der Waals surface area contributed by atoms with Gasteiger partial charge >= 0.3 is 11.6 Å². The van der Waals surface area contributed by atoms with Gasteiger partial charge in [-0.15, -0.1) is 0 Å². The second-order valence-corrected chi connectivity index (χ2v) is 5.78. The Balaban J connectivity index is 2.50. The maximum atomic E-state index is 12.0. The van der Waals surface area contributed by atoms with Crippen LogP contribution in [0.25, 0.3) is 11.0 Å². The van der Waals surface area contributed by atoms with E-state index in [1.807, 2.05) is 0 Å². The van der Waals surface area contributed by atoms with E-state index in [1.54, 1.807) is 0 Å². The van der Waals surface area contributed by atoms with Gasteiger partial charge in [-0.25, -0.2) is 9.59 Å². The van der Waals surface area contributed by atoms with E-state index < -0.39 is 17.3 Å². The van der Waals surface area contributed by atoms with Crippen molar-refractivity contribution in [2.24, 2.45) is 5.92 Å². The predicted molar refractivity (Wildman–Crippen MR) is 86.7 cm³/mol. The molecule has 2 aromatic rings. The zero-order chi connectivity index (χ0) is 17.9. The molecule has 7 heteroatoms. The van der Waals surface area contributed by atoms with Gasteiger partial charge in [0, 0.05) is 0 Å². The highest BCUT2D eigenvalue weighted by Crippen LogP contribution is 2.38. The summed E-state index contributed by atoms with van der Waals surface area (Å²) in [6, 6.07) is 2.45. The monoisotopic (exact) mass is 336 g/mol. The smallest absolute Gasteiger partial charge is 0.383 e. The van der Waals surface area contributed by atoms with Gasteiger partial charge in [0.05, 0.1) is 24.7 Å². The lowest BCUT2D eigenvalue weighted by Gasteiger charge is -2.11. The molecule has 0 unspecified atom stereocenters. The predicted octanol–water partition coefficient (Wildman–Crippen LogP) is 2.81. The summed E-state index contributed by atoms with van der Waals surface area (Å²) >= 11 is 0. The fourth-order valence-electron chi connectivity index (χ4n) is 2.33. The van der Waals surface area contributed by atoms with Gasteiger partial charge in [0.25, 0.3) is 0 Å². The SMILES string of the molecule is COC(=O)c1ccc(O)c2oc(=O)c(OCCCC(C)C)c(O)c12. The number of aromatic hydroxyl groups is 2. The highest BCUT2D eigenvalue weighted by atomic mass is 16.5. The van der Waals surface area contributed by atoms with E-state index in [4.69, 9.17) is 9.15 Å². The molecule has 1 heterocycles. The number of rotatable bonds is 6. The molecule has 0 radical (unpaired) electrons. The Hall–Kier alpha value is -2.70. The van der Waals surface area contributed by atoms with Crippen LogP contribution in [0, 0.1) is 5.92 Å². The average Bonchev–Trinajstić information content (AvgIpc) is 2.54. The summed E-state index contributed by atoms with van der Waals surface area (Å²) in [4.78, 5) is 23.9. The van der Waals surface area contributed by atoms with Crippen LogP contribution >= 0.6 is 0 Å². The first-order valence-electron chi connectivity index (χ1n) is 7.59. The maximum absolute atomic E-state index is 12.0. The van der Waals surface area contributed by atoms with Gasteiger partial charge in [-0.05, 0) is 30.9 Å². The van der Waals surface area contributed by atoms with Crippen LogP contribution < -0.4 is 10.4 Å². The van der Waals surface area contributed by atoms with Crippen molar-refractivity contribution < 1.29 is 28.9 Å². The summed E-state index contributed by atoms with van der Waals surface area (Å²) in [5.74, 6) is -1.58. The number of hydrogen-bond donors (Lipinski definition) is 2. The minimum absolute atomic E-state index is 0.0430. The summed E-state index contributed by atoms with van der Waals surface area (Å²) in [6.07, 6.45) is 1.59. The number of carbonyl (C=O) groups excluding carboxylic acids is 1. The molecule has 2 N–H and O–H groups in total. The summed E-state index contributed by atoms with van der Waals surface area (Å²) in [5, 5.41) is 20.1. The largest absolute Gasteiger partial charge is 0.504 e. The Morgan fingerprint density at radius 2 is 2.00 bits per heavy atom. The molecule has 0 amide bonds. The van der Waals surface area contributed by atoms with Crippen LogP contribution in [0.3, 0.4) is 0 Å². The molecule has 130 valence electrons. The van der Waals surface area contributed by atoms with Crippen molar-refractivity contribution in [1.82, 2.24) is 0 Å². The lowest BCUT2D eigenvalue weighted by atomic mass is 10.1. The fourth-order valence-corrected chi connectivity index (χ4v) is 2.33. The van der Waals surface area contributed by atoms with Crippen LogP contribution in [-0.4, -0.2) is 29.9 Å². The summed E-state index contributed by atoms with van der Waals surface area (Å²) in [5.41, 5.74) is -1.27. The van der Waals surface area contributed by atoms with Crippen molar-refractivity contribution in [3.63, 3.8) is 0 Å². The second-order valence-electron chi connectivity index (χ2n) is 5.78. The molecule has 0 atom stereocenters. The Bertz CT molecular complexity index is 805. The summed E-state index contributed by atoms with van der Waals surface area (Å²) in [7, 11) is 1.18. The molecule has 0 bridgehead atoms. The number of phenols is 1. The number of fused-ring (bicyclic) bond motifs is 1. The number of phenolic OH excluding ortho intramolecular Hbond substituents is 1. The molecule has 0 saturated heterocycles. The van der Waals surface area contributed by atoms with E-state index in [2.05, 4.69) is 18.6 Å². The van der Waals surface area contributed by atoms with Crippen molar-refractivity contribution in [2.75, 3.05) is 13.7 Å². The lowest BCUT2D eigenvalue weighted by molar-refractivity contribution is 0.0602. The quantitative estimate of drug-likeness (QED) is 0.474. The standard InChI is InChI=1S/C17H20O7/c1-9(2)5-4-8-23-15-13(19)12-10(16(20)22-3)6-7-11(18)14(12)24-17(15)21/h6-7,9,18-19H,4-5,8H2,1-3H3. The van der Waals surface area contributed by atoms with Gasteiger partial charge in [-0.1, -0.05) is 13.8 Å². The zero-order valence-corrected chi connectivity index (χ0v) is 13.8. The highest BCUT2D eigenvalue weighted by molar-refractivity contribution is 6.07. The van der Waals surface area contributed by atoms with Crippen LogP contribution in [0.15, 0.2) is 21.3 Å². The molecular formula is C17H20O7. The van der Waals surface area contributed by atoms with Crippen LogP contribution in [0.5, 0.6) is 17.2 Å². The molecule has 0 fully saturated rings. The molecule has 0 aliphatic carbocycles. The molecule has 2 rings (SSSR count). The average molecular weight is 336 g/mol. The minimum atomic E-state index is -0.929. The van der Waals surface area contributed by atoms with E-state index in [0.717, 1.165) is 6.42 Å². The van der Waals surface area contributed by atoms with E-state index in [0.29, 0.717) is 12.3 Å². The van der Waals surface area contributed by atoms with Crippen molar-refractivity contribution in [3.8, 4) is 17.2 Å². The van der Waals surface area contributed by atoms with Crippen molar-refractivity contribution in [2.45, 2.75) is 26.7 Å². The van der Waals surface area contributed by atoms with Crippen LogP contribution in [-0.2, 0) is 4.74 Å². The maximum Gasteiger partial charge on any atom is 0.383 e. The molecule has 0 aliphatic rings. The zero-order valence-electron chi connectivity index (χ0n) is 13.8. The lowest BCUT2D eigenvalue weighted by Crippen LogP contribution is -2.11. The van der Waals surface area contributed by atoms with E-state index >= 15 is 0 Å². The number of esters is 1. The van der Waals surface area contributed by atoms with Crippen molar-refractivity contribution in [3.05, 3.63) is 28.1 Å². The van der Waals surface area contributed by atoms with Gasteiger partial charge in [0.1, 0.15) is 0 Å².